The molecule has 3 fully saturated rings. The zero-order valence-corrected chi connectivity index (χ0v) is 31.3. The number of hydrogen-bond acceptors (Lipinski definition) is 9. The smallest absolute Gasteiger partial charge is 0.352 e. The first-order valence-corrected chi connectivity index (χ1v) is 19.7. The van der Waals surface area contributed by atoms with Crippen molar-refractivity contribution in [2.45, 2.75) is 117 Å². The molecule has 0 radical (unpaired) electrons. The number of ketones is 1. The molecule has 284 valence electrons. The lowest BCUT2D eigenvalue weighted by Crippen LogP contribution is -2.53. The van der Waals surface area contributed by atoms with Crippen LogP contribution in [0.2, 0.25) is 0 Å². The third-order valence-corrected chi connectivity index (χ3v) is 13.5. The topological polar surface area (TPSA) is 147 Å². The third-order valence-electron chi connectivity index (χ3n) is 13.5. The minimum Gasteiger partial charge on any atom is -0.466 e. The normalized spacial score (nSPS) is 29.3. The predicted octanol–water partition coefficient (Wildman–Crippen LogP) is 5.84. The highest BCUT2D eigenvalue weighted by Crippen LogP contribution is 2.66. The summed E-state index contributed by atoms with van der Waals surface area (Å²) in [4.78, 5) is 68.9. The number of aliphatic hydroxyl groups is 1. The van der Waals surface area contributed by atoms with Gasteiger partial charge in [0.05, 0.1) is 31.3 Å². The maximum Gasteiger partial charge on any atom is 0.352 e. The zero-order valence-electron chi connectivity index (χ0n) is 31.3. The van der Waals surface area contributed by atoms with E-state index < -0.39 is 11.2 Å². The molecular weight excluding hydrogens is 674 g/mol. The van der Waals surface area contributed by atoms with Crippen LogP contribution in [-0.4, -0.2) is 56.3 Å². The molecule has 6 aliphatic rings. The average molecular weight is 728 g/mol. The van der Waals surface area contributed by atoms with Crippen molar-refractivity contribution in [2.24, 2.45) is 34.5 Å². The van der Waals surface area contributed by atoms with Crippen LogP contribution in [0.25, 0.3) is 22.3 Å². The molecule has 2 aliphatic heterocycles. The van der Waals surface area contributed by atoms with Crippen molar-refractivity contribution < 1.29 is 29.0 Å². The number of esters is 2. The summed E-state index contributed by atoms with van der Waals surface area (Å²) in [6, 6.07) is 9.40. The summed E-state index contributed by atoms with van der Waals surface area (Å²) in [6.45, 7) is 7.33. The van der Waals surface area contributed by atoms with E-state index in [1.54, 1.807) is 13.0 Å². The van der Waals surface area contributed by atoms with Gasteiger partial charge in [0.2, 0.25) is 0 Å². The monoisotopic (exact) mass is 727 g/mol. The first-order valence-electron chi connectivity index (χ1n) is 19.7. The van der Waals surface area contributed by atoms with Gasteiger partial charge >= 0.3 is 17.6 Å². The van der Waals surface area contributed by atoms with Crippen LogP contribution in [0.15, 0.2) is 51.6 Å². The number of rotatable bonds is 12. The van der Waals surface area contributed by atoms with Crippen LogP contribution in [0.5, 0.6) is 0 Å². The number of ether oxygens (including phenoxy) is 2. The molecule has 7 rings (SSSR count). The Morgan fingerprint density at radius 1 is 0.943 bits per heavy atom. The van der Waals surface area contributed by atoms with Gasteiger partial charge in [0.15, 0.2) is 11.6 Å². The van der Waals surface area contributed by atoms with Gasteiger partial charge in [-0.1, -0.05) is 37.6 Å². The maximum absolute atomic E-state index is 13.6. The zero-order chi connectivity index (χ0) is 37.5. The quantitative estimate of drug-likeness (QED) is 0.138. The fourth-order valence-electron chi connectivity index (χ4n) is 10.8. The summed E-state index contributed by atoms with van der Waals surface area (Å²) in [5, 5.41) is 11.8. The molecule has 1 aromatic rings. The van der Waals surface area contributed by atoms with Crippen molar-refractivity contribution in [3.05, 3.63) is 62.8 Å². The Hall–Kier alpha value is -4.12. The van der Waals surface area contributed by atoms with E-state index >= 15 is 0 Å². The Labute approximate surface area is 310 Å². The average Bonchev–Trinajstić information content (AvgIpc) is 3.44. The second kappa shape index (κ2) is 15.0. The van der Waals surface area contributed by atoms with Gasteiger partial charge in [-0.25, -0.2) is 4.79 Å². The van der Waals surface area contributed by atoms with Crippen LogP contribution in [0.1, 0.15) is 97.8 Å². The molecule has 11 nitrogen and oxygen atoms in total. The maximum atomic E-state index is 13.6. The number of nitrogens with zero attached hydrogens (tertiary/aromatic N) is 3. The highest BCUT2D eigenvalue weighted by Gasteiger charge is 2.60. The Morgan fingerprint density at radius 3 is 2.55 bits per heavy atom. The molecule has 0 bridgehead atoms. The van der Waals surface area contributed by atoms with E-state index in [1.807, 2.05) is 34.9 Å². The highest BCUT2D eigenvalue weighted by molar-refractivity contribution is 5.92. The van der Waals surface area contributed by atoms with E-state index in [9.17, 15) is 29.1 Å². The molecule has 0 amide bonds. The van der Waals surface area contributed by atoms with Crippen molar-refractivity contribution in [2.75, 3.05) is 13.2 Å². The number of pyridine rings is 1. The molecule has 53 heavy (non-hydrogen) atoms. The van der Waals surface area contributed by atoms with E-state index in [1.165, 1.54) is 0 Å². The van der Waals surface area contributed by atoms with Crippen LogP contribution in [0.3, 0.4) is 0 Å². The molecule has 11 heteroatoms. The fourth-order valence-corrected chi connectivity index (χ4v) is 10.8. The largest absolute Gasteiger partial charge is 0.466 e. The van der Waals surface area contributed by atoms with Crippen molar-refractivity contribution in [3.8, 4) is 11.4 Å². The number of para-hydroxylation sites is 1. The molecule has 4 aliphatic carbocycles. The van der Waals surface area contributed by atoms with Crippen molar-refractivity contribution >= 4 is 28.6 Å². The molecule has 1 aromatic carbocycles. The van der Waals surface area contributed by atoms with Crippen molar-refractivity contribution in [3.63, 3.8) is 0 Å². The van der Waals surface area contributed by atoms with Crippen LogP contribution < -0.4 is 11.2 Å². The van der Waals surface area contributed by atoms with Gasteiger partial charge < -0.3 is 19.1 Å². The van der Waals surface area contributed by atoms with Crippen molar-refractivity contribution in [1.82, 2.24) is 14.1 Å². The summed E-state index contributed by atoms with van der Waals surface area (Å²) in [5.74, 6) is 1.09. The van der Waals surface area contributed by atoms with Gasteiger partial charge in [-0.2, -0.15) is 4.98 Å². The number of carbonyl (C=O) groups excluding carboxylic acids is 3. The van der Waals surface area contributed by atoms with Crippen molar-refractivity contribution in [1.29, 1.82) is 0 Å². The van der Waals surface area contributed by atoms with Crippen LogP contribution in [0.4, 0.5) is 0 Å². The van der Waals surface area contributed by atoms with Gasteiger partial charge in [-0.3, -0.25) is 23.7 Å². The van der Waals surface area contributed by atoms with E-state index in [0.29, 0.717) is 54.9 Å². The molecule has 1 N–H and O–H groups in total. The third kappa shape index (κ3) is 6.90. The summed E-state index contributed by atoms with van der Waals surface area (Å²) in [6.07, 6.45) is 9.55. The van der Waals surface area contributed by atoms with E-state index in [-0.39, 0.29) is 79.6 Å². The molecule has 3 saturated carbocycles. The fraction of sp³-hybridized carbons (Fsp3) is 0.619. The van der Waals surface area contributed by atoms with Gasteiger partial charge in [0.25, 0.3) is 5.56 Å². The van der Waals surface area contributed by atoms with Gasteiger partial charge in [-0.15, -0.1) is 0 Å². The lowest BCUT2D eigenvalue weighted by Gasteiger charge is -2.59. The number of fused-ring (bicyclic) bond motifs is 7. The SMILES string of the molecule is CCOC(=O)CCCn1c(=O)nc2n(CCCCOC(=O)C[C@@H]3C[C@H]4[C@@H]5CC[C@H](O)[C@@]5(C)CC[C@@H]4[C@@]4(C)CCC(=O)C=C34)c3ccccc3cc-2c1=O. The van der Waals surface area contributed by atoms with Crippen LogP contribution in [-0.2, 0) is 36.9 Å². The lowest BCUT2D eigenvalue weighted by atomic mass is 9.45. The van der Waals surface area contributed by atoms with E-state index in [0.717, 1.165) is 59.6 Å². The molecule has 0 unspecified atom stereocenters. The minimum atomic E-state index is -0.661. The molecule has 0 aromatic heterocycles. The number of aliphatic hydroxyl groups excluding tert-OH is 1. The molecule has 0 spiro atoms. The minimum absolute atomic E-state index is 0.0442. The van der Waals surface area contributed by atoms with Gasteiger partial charge in [0.1, 0.15) is 0 Å². The number of hydrogen-bond donors (Lipinski definition) is 1. The number of aromatic nitrogens is 3. The molecule has 2 heterocycles. The first-order chi connectivity index (χ1) is 25.4. The molecule has 0 saturated heterocycles. The molecular formula is C42H53N3O8. The first kappa shape index (κ1) is 37.2. The second-order valence-electron chi connectivity index (χ2n) is 16.4. The number of aryl methyl sites for hydroxylation is 1. The predicted molar refractivity (Wildman–Crippen MR) is 199 cm³/mol. The summed E-state index contributed by atoms with van der Waals surface area (Å²) in [7, 11) is 0. The Kier molecular flexibility index (Phi) is 10.5. The summed E-state index contributed by atoms with van der Waals surface area (Å²) in [5.41, 5.74) is 1.01. The van der Waals surface area contributed by atoms with E-state index in [4.69, 9.17) is 9.47 Å². The Morgan fingerprint density at radius 2 is 1.74 bits per heavy atom. The number of allylic oxidation sites excluding steroid dienone is 1. The van der Waals surface area contributed by atoms with Crippen LogP contribution in [0, 0.1) is 34.5 Å². The number of benzene rings is 1. The Balaban J connectivity index is 1.01. The van der Waals surface area contributed by atoms with Crippen LogP contribution >= 0.6 is 0 Å². The van der Waals surface area contributed by atoms with Gasteiger partial charge in [0, 0.05) is 31.4 Å². The number of unbranched alkanes of at least 4 members (excludes halogenated alkanes) is 1. The Bertz CT molecular complexity index is 2010. The van der Waals surface area contributed by atoms with E-state index in [2.05, 4.69) is 18.8 Å². The highest BCUT2D eigenvalue weighted by atomic mass is 16.5. The van der Waals surface area contributed by atoms with Gasteiger partial charge in [-0.05, 0) is 123 Å². The standard InChI is InChI=1S/C42H53N3O8/c1-4-52-36(48)12-9-20-45-39(50)30-22-26-10-5-6-11-34(26)44(38(30)43-40(45)51)19-7-8-21-53-37(49)24-27-23-29-31-13-14-35(47)42(31,3)18-16-32(29)41(2)17-15-28(46)25-33(27)41/h5-6,10-11,22,25,27,29,31-32,35,47H,4,7-9,12-21,23-24H2,1-3H3/t27-,29-,31-,32-,35-,41+,42-/m0/s1. The summed E-state index contributed by atoms with van der Waals surface area (Å²) >= 11 is 0. The second-order valence-corrected chi connectivity index (χ2v) is 16.4. The summed E-state index contributed by atoms with van der Waals surface area (Å²) < 4.78 is 13.8. The lowest BCUT2D eigenvalue weighted by molar-refractivity contribution is -0.146. The molecule has 7 atom stereocenters. The number of carbonyl (C=O) groups is 3.